The molecule has 2 aromatic rings. The Morgan fingerprint density at radius 1 is 1.11 bits per heavy atom. The number of carbonyl (C=O) groups is 1. The zero-order valence-corrected chi connectivity index (χ0v) is 17.0. The molecule has 0 amide bonds. The van der Waals surface area contributed by atoms with E-state index >= 15 is 0 Å². The van der Waals surface area contributed by atoms with Crippen LogP contribution in [0.25, 0.3) is 0 Å². The number of rotatable bonds is 10. The van der Waals surface area contributed by atoms with Crippen LogP contribution < -0.4 is 0 Å². The first-order valence-corrected chi connectivity index (χ1v) is 10.5. The molecule has 1 aromatic carbocycles. The first-order chi connectivity index (χ1) is 13.7. The van der Waals surface area contributed by atoms with Crippen LogP contribution >= 0.6 is 11.6 Å². The Morgan fingerprint density at radius 3 is 2.68 bits per heavy atom. The van der Waals surface area contributed by atoms with E-state index in [4.69, 9.17) is 21.1 Å². The van der Waals surface area contributed by atoms with Crippen molar-refractivity contribution in [3.8, 4) is 0 Å². The first-order valence-electron chi connectivity index (χ1n) is 10.1. The summed E-state index contributed by atoms with van der Waals surface area (Å²) in [5.74, 6) is 0.891. The van der Waals surface area contributed by atoms with Gasteiger partial charge < -0.3 is 9.47 Å². The van der Waals surface area contributed by atoms with Crippen molar-refractivity contribution >= 4 is 17.4 Å². The largest absolute Gasteiger partial charge is 0.381 e. The molecular weight excluding hydrogens is 374 g/mol. The maximum absolute atomic E-state index is 12.3. The van der Waals surface area contributed by atoms with Gasteiger partial charge in [0, 0.05) is 30.9 Å². The number of aromatic nitrogens is 1. The van der Waals surface area contributed by atoms with E-state index < -0.39 is 0 Å². The van der Waals surface area contributed by atoms with Gasteiger partial charge in [-0.15, -0.1) is 0 Å². The molecule has 0 N–H and O–H groups in total. The standard InChI is InChI=1S/C23H28ClNO3/c24-21-7-3-2-6-20(21)17-28-16-19-9-10-22(25-15-19)23(26)8-4-1-5-18-11-13-27-14-12-18/h2-3,6-7,9-10,15,18H,1,4-5,8,11-14,16-17H2. The zero-order valence-electron chi connectivity index (χ0n) is 16.2. The minimum atomic E-state index is 0.121. The van der Waals surface area contributed by atoms with E-state index in [1.807, 2.05) is 30.3 Å². The van der Waals surface area contributed by atoms with Gasteiger partial charge in [0.05, 0.1) is 13.2 Å². The quantitative estimate of drug-likeness (QED) is 0.383. The molecular formula is C23H28ClNO3. The number of halogens is 1. The van der Waals surface area contributed by atoms with E-state index in [1.54, 1.807) is 12.3 Å². The molecule has 1 aromatic heterocycles. The summed E-state index contributed by atoms with van der Waals surface area (Å²) in [4.78, 5) is 16.6. The van der Waals surface area contributed by atoms with Crippen molar-refractivity contribution in [3.05, 3.63) is 64.4 Å². The second-order valence-corrected chi connectivity index (χ2v) is 7.77. The number of unbranched alkanes of at least 4 members (excludes halogenated alkanes) is 1. The van der Waals surface area contributed by atoms with Crippen molar-refractivity contribution in [1.82, 2.24) is 4.98 Å². The third-order valence-corrected chi connectivity index (χ3v) is 5.57. The first kappa shape index (κ1) is 21.0. The van der Waals surface area contributed by atoms with Crippen LogP contribution in [-0.2, 0) is 22.7 Å². The SMILES string of the molecule is O=C(CCCCC1CCOCC1)c1ccc(COCc2ccccc2Cl)cn1. The maximum Gasteiger partial charge on any atom is 0.181 e. The van der Waals surface area contributed by atoms with E-state index in [2.05, 4.69) is 4.98 Å². The molecule has 0 aliphatic carbocycles. The Labute approximate surface area is 172 Å². The maximum atomic E-state index is 12.3. The minimum Gasteiger partial charge on any atom is -0.381 e. The molecule has 0 unspecified atom stereocenters. The Bertz CT molecular complexity index is 742. The van der Waals surface area contributed by atoms with Gasteiger partial charge in [0.15, 0.2) is 5.78 Å². The van der Waals surface area contributed by atoms with Gasteiger partial charge in [-0.25, -0.2) is 0 Å². The molecule has 0 spiro atoms. The number of pyridine rings is 1. The molecule has 4 nitrogen and oxygen atoms in total. The van der Waals surface area contributed by atoms with Crippen LogP contribution in [0.1, 0.15) is 60.1 Å². The number of ether oxygens (including phenoxy) is 2. The van der Waals surface area contributed by atoms with Gasteiger partial charge in [-0.05, 0) is 48.4 Å². The van der Waals surface area contributed by atoms with Gasteiger partial charge in [-0.1, -0.05) is 48.7 Å². The van der Waals surface area contributed by atoms with Crippen molar-refractivity contribution in [2.45, 2.75) is 51.7 Å². The van der Waals surface area contributed by atoms with Crippen LogP contribution in [0.4, 0.5) is 0 Å². The summed E-state index contributed by atoms with van der Waals surface area (Å²) in [6.45, 7) is 2.68. The highest BCUT2D eigenvalue weighted by Gasteiger charge is 2.14. The third-order valence-electron chi connectivity index (χ3n) is 5.20. The zero-order chi connectivity index (χ0) is 19.6. The number of hydrogen-bond acceptors (Lipinski definition) is 4. The molecule has 0 saturated carbocycles. The predicted molar refractivity (Wildman–Crippen MR) is 111 cm³/mol. The molecule has 2 heterocycles. The number of carbonyl (C=O) groups excluding carboxylic acids is 1. The smallest absolute Gasteiger partial charge is 0.181 e. The van der Waals surface area contributed by atoms with E-state index in [1.165, 1.54) is 6.42 Å². The van der Waals surface area contributed by atoms with E-state index in [-0.39, 0.29) is 5.78 Å². The van der Waals surface area contributed by atoms with Gasteiger partial charge in [0.25, 0.3) is 0 Å². The van der Waals surface area contributed by atoms with Gasteiger partial charge in [-0.2, -0.15) is 0 Å². The van der Waals surface area contributed by atoms with Crippen molar-refractivity contribution in [2.75, 3.05) is 13.2 Å². The second kappa shape index (κ2) is 11.3. The Balaban J connectivity index is 1.36. The Hall–Kier alpha value is -1.75. The number of hydrogen-bond donors (Lipinski definition) is 0. The van der Waals surface area contributed by atoms with Gasteiger partial charge in [-0.3, -0.25) is 9.78 Å². The summed E-state index contributed by atoms with van der Waals surface area (Å²) in [6.07, 6.45) is 7.85. The highest BCUT2D eigenvalue weighted by atomic mass is 35.5. The van der Waals surface area contributed by atoms with Crippen LogP contribution in [0.2, 0.25) is 5.02 Å². The average Bonchev–Trinajstić information content (AvgIpc) is 2.74. The summed E-state index contributed by atoms with van der Waals surface area (Å²) in [5.41, 5.74) is 2.45. The molecule has 3 rings (SSSR count). The number of ketones is 1. The molecule has 150 valence electrons. The lowest BCUT2D eigenvalue weighted by Gasteiger charge is -2.21. The lowest BCUT2D eigenvalue weighted by molar-refractivity contribution is 0.0630. The van der Waals surface area contributed by atoms with Gasteiger partial charge in [0.2, 0.25) is 0 Å². The highest BCUT2D eigenvalue weighted by molar-refractivity contribution is 6.31. The van der Waals surface area contributed by atoms with Crippen molar-refractivity contribution in [2.24, 2.45) is 5.92 Å². The van der Waals surface area contributed by atoms with Gasteiger partial charge in [0.1, 0.15) is 5.69 Å². The van der Waals surface area contributed by atoms with Crippen LogP contribution in [0.3, 0.4) is 0 Å². The van der Waals surface area contributed by atoms with E-state index in [9.17, 15) is 4.79 Å². The number of Topliss-reactive ketones (excluding diaryl/α,β-unsaturated/α-hetero) is 1. The summed E-state index contributed by atoms with van der Waals surface area (Å²) in [5, 5.41) is 0.707. The predicted octanol–water partition coefficient (Wildman–Crippen LogP) is 5.62. The molecule has 28 heavy (non-hydrogen) atoms. The molecule has 0 radical (unpaired) electrons. The van der Waals surface area contributed by atoms with E-state index in [0.717, 1.165) is 55.9 Å². The lowest BCUT2D eigenvalue weighted by Crippen LogP contribution is -2.15. The topological polar surface area (TPSA) is 48.4 Å². The monoisotopic (exact) mass is 401 g/mol. The molecule has 1 saturated heterocycles. The van der Waals surface area contributed by atoms with Crippen LogP contribution in [0, 0.1) is 5.92 Å². The van der Waals surface area contributed by atoms with E-state index in [0.29, 0.717) is 30.4 Å². The normalized spacial score (nSPS) is 14.9. The molecule has 0 bridgehead atoms. The summed E-state index contributed by atoms with van der Waals surface area (Å²) < 4.78 is 11.1. The average molecular weight is 402 g/mol. The molecule has 5 heteroatoms. The summed E-state index contributed by atoms with van der Waals surface area (Å²) >= 11 is 6.12. The highest BCUT2D eigenvalue weighted by Crippen LogP contribution is 2.21. The second-order valence-electron chi connectivity index (χ2n) is 7.36. The minimum absolute atomic E-state index is 0.121. The van der Waals surface area contributed by atoms with Crippen molar-refractivity contribution in [3.63, 3.8) is 0 Å². The molecule has 1 fully saturated rings. The number of benzene rings is 1. The fourth-order valence-corrected chi connectivity index (χ4v) is 3.64. The van der Waals surface area contributed by atoms with Gasteiger partial charge >= 0.3 is 0 Å². The Kier molecular flexibility index (Phi) is 8.46. The van der Waals surface area contributed by atoms with Crippen molar-refractivity contribution < 1.29 is 14.3 Å². The van der Waals surface area contributed by atoms with Crippen LogP contribution in [0.15, 0.2) is 42.6 Å². The lowest BCUT2D eigenvalue weighted by atomic mass is 9.93. The molecule has 1 aliphatic heterocycles. The summed E-state index contributed by atoms with van der Waals surface area (Å²) in [6, 6.07) is 11.4. The fourth-order valence-electron chi connectivity index (χ4n) is 3.45. The summed E-state index contributed by atoms with van der Waals surface area (Å²) in [7, 11) is 0. The Morgan fingerprint density at radius 2 is 1.93 bits per heavy atom. The van der Waals surface area contributed by atoms with Crippen molar-refractivity contribution in [1.29, 1.82) is 0 Å². The molecule has 0 atom stereocenters. The van der Waals surface area contributed by atoms with Crippen LogP contribution in [-0.4, -0.2) is 24.0 Å². The number of nitrogens with zero attached hydrogens (tertiary/aromatic N) is 1. The molecule has 1 aliphatic rings. The third kappa shape index (κ3) is 6.69. The van der Waals surface area contributed by atoms with Crippen LogP contribution in [0.5, 0.6) is 0 Å². The fraction of sp³-hybridized carbons (Fsp3) is 0.478.